The van der Waals surface area contributed by atoms with E-state index in [9.17, 15) is 8.78 Å². The number of hydrogen-bond acceptors (Lipinski definition) is 1. The van der Waals surface area contributed by atoms with Crippen molar-refractivity contribution in [2.75, 3.05) is 0 Å². The average molecular weight is 234 g/mol. The molecule has 1 heterocycles. The number of aromatic nitrogens is 2. The first-order valence-corrected chi connectivity index (χ1v) is 5.30. The summed E-state index contributed by atoms with van der Waals surface area (Å²) in [5, 5.41) is 4.10. The SMILES string of the molecule is C=Cc1cc(F)c(F)cc1-c1cnn(CC)c1. The maximum atomic E-state index is 13.2. The van der Waals surface area contributed by atoms with Crippen molar-refractivity contribution in [1.29, 1.82) is 0 Å². The van der Waals surface area contributed by atoms with Crippen molar-refractivity contribution in [3.05, 3.63) is 48.3 Å². The van der Waals surface area contributed by atoms with E-state index in [1.54, 1.807) is 17.1 Å². The van der Waals surface area contributed by atoms with Crippen LogP contribution >= 0.6 is 0 Å². The van der Waals surface area contributed by atoms with Crippen LogP contribution in [-0.4, -0.2) is 9.78 Å². The third-order valence-corrected chi connectivity index (χ3v) is 2.58. The van der Waals surface area contributed by atoms with Crippen LogP contribution in [0, 0.1) is 11.6 Å². The van der Waals surface area contributed by atoms with E-state index in [2.05, 4.69) is 11.7 Å². The molecule has 0 N–H and O–H groups in total. The Morgan fingerprint density at radius 2 is 2.06 bits per heavy atom. The molecule has 17 heavy (non-hydrogen) atoms. The van der Waals surface area contributed by atoms with Gasteiger partial charge in [-0.3, -0.25) is 4.68 Å². The molecule has 4 heteroatoms. The van der Waals surface area contributed by atoms with Crippen LogP contribution in [0.2, 0.25) is 0 Å². The lowest BCUT2D eigenvalue weighted by Crippen LogP contribution is -1.92. The van der Waals surface area contributed by atoms with Crippen LogP contribution in [0.4, 0.5) is 8.78 Å². The van der Waals surface area contributed by atoms with Crippen LogP contribution in [0.5, 0.6) is 0 Å². The maximum absolute atomic E-state index is 13.2. The van der Waals surface area contributed by atoms with Crippen LogP contribution in [-0.2, 0) is 6.54 Å². The molecule has 2 aromatic rings. The highest BCUT2D eigenvalue weighted by atomic mass is 19.2. The molecule has 1 aromatic heterocycles. The summed E-state index contributed by atoms with van der Waals surface area (Å²) in [6.07, 6.45) is 4.92. The fourth-order valence-electron chi connectivity index (χ4n) is 1.66. The Hall–Kier alpha value is -1.97. The van der Waals surface area contributed by atoms with Gasteiger partial charge in [-0.1, -0.05) is 12.7 Å². The summed E-state index contributed by atoms with van der Waals surface area (Å²) in [4.78, 5) is 0. The molecule has 2 rings (SSSR count). The summed E-state index contributed by atoms with van der Waals surface area (Å²) in [6.45, 7) is 6.28. The molecule has 0 unspecified atom stereocenters. The third kappa shape index (κ3) is 2.11. The smallest absolute Gasteiger partial charge is 0.159 e. The van der Waals surface area contributed by atoms with Crippen LogP contribution in [0.3, 0.4) is 0 Å². The quantitative estimate of drug-likeness (QED) is 0.794. The molecule has 0 radical (unpaired) electrons. The van der Waals surface area contributed by atoms with Gasteiger partial charge < -0.3 is 0 Å². The second-order valence-electron chi connectivity index (χ2n) is 3.64. The van der Waals surface area contributed by atoms with Gasteiger partial charge in [-0.15, -0.1) is 0 Å². The molecule has 0 amide bonds. The second kappa shape index (κ2) is 4.49. The Morgan fingerprint density at radius 1 is 1.35 bits per heavy atom. The molecule has 0 saturated carbocycles. The lowest BCUT2D eigenvalue weighted by atomic mass is 10.0. The topological polar surface area (TPSA) is 17.8 Å². The van der Waals surface area contributed by atoms with Crippen molar-refractivity contribution >= 4 is 6.08 Å². The molecule has 88 valence electrons. The summed E-state index contributed by atoms with van der Waals surface area (Å²) < 4.78 is 28.0. The maximum Gasteiger partial charge on any atom is 0.159 e. The molecule has 0 aliphatic heterocycles. The van der Waals surface area contributed by atoms with Gasteiger partial charge in [0.05, 0.1) is 6.20 Å². The van der Waals surface area contributed by atoms with Gasteiger partial charge in [-0.2, -0.15) is 5.10 Å². The number of aryl methyl sites for hydroxylation is 1. The first-order chi connectivity index (χ1) is 8.15. The summed E-state index contributed by atoms with van der Waals surface area (Å²) in [5.41, 5.74) is 1.90. The molecule has 0 saturated heterocycles. The van der Waals surface area contributed by atoms with E-state index in [0.29, 0.717) is 11.1 Å². The van der Waals surface area contributed by atoms with Gasteiger partial charge >= 0.3 is 0 Å². The first-order valence-electron chi connectivity index (χ1n) is 5.30. The Kier molecular flexibility index (Phi) is 3.04. The molecular weight excluding hydrogens is 222 g/mol. The highest BCUT2D eigenvalue weighted by molar-refractivity contribution is 5.74. The number of halogens is 2. The molecule has 0 spiro atoms. The molecule has 2 nitrogen and oxygen atoms in total. The normalized spacial score (nSPS) is 10.5. The number of nitrogens with zero attached hydrogens (tertiary/aromatic N) is 2. The van der Waals surface area contributed by atoms with Gasteiger partial charge in [0, 0.05) is 18.3 Å². The van der Waals surface area contributed by atoms with Crippen LogP contribution in [0.1, 0.15) is 12.5 Å². The standard InChI is InChI=1S/C13H12F2N2/c1-3-9-5-12(14)13(15)6-11(9)10-7-16-17(4-2)8-10/h3,5-8H,1,4H2,2H3. The minimum Gasteiger partial charge on any atom is -0.272 e. The largest absolute Gasteiger partial charge is 0.272 e. The predicted octanol–water partition coefficient (Wildman–Crippen LogP) is 3.49. The average Bonchev–Trinajstić information content (AvgIpc) is 2.80. The van der Waals surface area contributed by atoms with Gasteiger partial charge in [-0.05, 0) is 30.2 Å². The highest BCUT2D eigenvalue weighted by Crippen LogP contribution is 2.26. The van der Waals surface area contributed by atoms with E-state index in [0.717, 1.165) is 18.2 Å². The van der Waals surface area contributed by atoms with Crippen molar-refractivity contribution in [1.82, 2.24) is 9.78 Å². The number of benzene rings is 1. The molecular formula is C13H12F2N2. The van der Waals surface area contributed by atoms with E-state index in [1.807, 2.05) is 6.92 Å². The minimum atomic E-state index is -0.869. The predicted molar refractivity (Wildman–Crippen MR) is 63.3 cm³/mol. The summed E-state index contributed by atoms with van der Waals surface area (Å²) in [5.74, 6) is -1.73. The van der Waals surface area contributed by atoms with Gasteiger partial charge in [0.25, 0.3) is 0 Å². The fourth-order valence-corrected chi connectivity index (χ4v) is 1.66. The second-order valence-corrected chi connectivity index (χ2v) is 3.64. The molecule has 0 fully saturated rings. The fraction of sp³-hybridized carbons (Fsp3) is 0.154. The molecule has 0 bridgehead atoms. The first kappa shape index (κ1) is 11.5. The van der Waals surface area contributed by atoms with E-state index >= 15 is 0 Å². The summed E-state index contributed by atoms with van der Waals surface area (Å²) in [6, 6.07) is 2.31. The zero-order chi connectivity index (χ0) is 12.4. The highest BCUT2D eigenvalue weighted by Gasteiger charge is 2.11. The van der Waals surface area contributed by atoms with Crippen molar-refractivity contribution in [3.63, 3.8) is 0 Å². The van der Waals surface area contributed by atoms with Crippen molar-refractivity contribution in [2.24, 2.45) is 0 Å². The van der Waals surface area contributed by atoms with Crippen LogP contribution in [0.15, 0.2) is 31.1 Å². The Morgan fingerprint density at radius 3 is 2.65 bits per heavy atom. The van der Waals surface area contributed by atoms with Gasteiger partial charge in [0.2, 0.25) is 0 Å². The summed E-state index contributed by atoms with van der Waals surface area (Å²) >= 11 is 0. The zero-order valence-corrected chi connectivity index (χ0v) is 9.45. The van der Waals surface area contributed by atoms with Crippen LogP contribution in [0.25, 0.3) is 17.2 Å². The van der Waals surface area contributed by atoms with E-state index in [-0.39, 0.29) is 0 Å². The number of hydrogen-bond donors (Lipinski definition) is 0. The lowest BCUT2D eigenvalue weighted by Gasteiger charge is -2.04. The van der Waals surface area contributed by atoms with Crippen molar-refractivity contribution in [2.45, 2.75) is 13.5 Å². The number of rotatable bonds is 3. The van der Waals surface area contributed by atoms with Gasteiger partial charge in [0.15, 0.2) is 11.6 Å². The molecule has 1 aromatic carbocycles. The van der Waals surface area contributed by atoms with Crippen molar-refractivity contribution in [3.8, 4) is 11.1 Å². The third-order valence-electron chi connectivity index (χ3n) is 2.58. The van der Waals surface area contributed by atoms with E-state index in [4.69, 9.17) is 0 Å². The Bertz CT molecular complexity index is 559. The molecule has 0 aliphatic carbocycles. The van der Waals surface area contributed by atoms with Gasteiger partial charge in [0.1, 0.15) is 0 Å². The van der Waals surface area contributed by atoms with Gasteiger partial charge in [-0.25, -0.2) is 8.78 Å². The van der Waals surface area contributed by atoms with E-state index in [1.165, 1.54) is 12.1 Å². The Labute approximate surface area is 98.2 Å². The molecule has 0 aliphatic rings. The zero-order valence-electron chi connectivity index (χ0n) is 9.45. The lowest BCUT2D eigenvalue weighted by molar-refractivity contribution is 0.509. The van der Waals surface area contributed by atoms with Crippen LogP contribution < -0.4 is 0 Å². The Balaban J connectivity index is 2.57. The minimum absolute atomic E-state index is 0.555. The van der Waals surface area contributed by atoms with E-state index < -0.39 is 11.6 Å². The molecule has 0 atom stereocenters. The van der Waals surface area contributed by atoms with Crippen molar-refractivity contribution < 1.29 is 8.78 Å². The monoisotopic (exact) mass is 234 g/mol. The summed E-state index contributed by atoms with van der Waals surface area (Å²) in [7, 11) is 0.